The van der Waals surface area contributed by atoms with E-state index < -0.39 is 10.0 Å². The molecule has 0 bridgehead atoms. The van der Waals surface area contributed by atoms with Gasteiger partial charge in [0.15, 0.2) is 0 Å². The number of hydrogen-bond donors (Lipinski definition) is 1. The number of aromatic nitrogens is 4. The molecule has 2 aromatic heterocycles. The molecule has 0 spiro atoms. The Morgan fingerprint density at radius 1 is 1.26 bits per heavy atom. The van der Waals surface area contributed by atoms with Crippen LogP contribution in [0.4, 0.5) is 11.5 Å². The van der Waals surface area contributed by atoms with Crippen LogP contribution in [0.5, 0.6) is 0 Å². The first-order chi connectivity index (χ1) is 12.8. The lowest BCUT2D eigenvalue weighted by molar-refractivity contribution is 0.606. The molecule has 4 rings (SSSR count). The van der Waals surface area contributed by atoms with E-state index in [0.717, 1.165) is 35.6 Å². The number of nitrogens with zero attached hydrogens (tertiary/aromatic N) is 5. The molecular formula is C18H22N6O2S. The summed E-state index contributed by atoms with van der Waals surface area (Å²) in [4.78, 5) is 11.1. The van der Waals surface area contributed by atoms with Crippen molar-refractivity contribution in [1.82, 2.24) is 19.6 Å². The number of anilines is 2. The number of rotatable bonds is 4. The third-order valence-corrected chi connectivity index (χ3v) is 5.32. The topological polar surface area (TPSA) is 92.5 Å². The third-order valence-electron chi connectivity index (χ3n) is 4.73. The monoisotopic (exact) mass is 386 g/mol. The summed E-state index contributed by atoms with van der Waals surface area (Å²) >= 11 is 0. The van der Waals surface area contributed by atoms with Gasteiger partial charge in [0.2, 0.25) is 10.0 Å². The lowest BCUT2D eigenvalue weighted by Gasteiger charge is -2.32. The standard InChI is InChI=1S/C18H22N6O2S/c1-12(2)16-9-17(24-18(21-16)19-11-20-24)23-8-7-14-13(10-23)5-4-6-15(14)22-27(3,25)26/h4-6,9,11-12,22H,7-8,10H2,1-3H3. The normalized spacial score (nSPS) is 14.6. The van der Waals surface area contributed by atoms with E-state index in [9.17, 15) is 8.42 Å². The summed E-state index contributed by atoms with van der Waals surface area (Å²) in [5, 5.41) is 4.33. The molecule has 0 radical (unpaired) electrons. The minimum atomic E-state index is -3.31. The lowest BCUT2D eigenvalue weighted by Crippen LogP contribution is -2.33. The average Bonchev–Trinajstić information content (AvgIpc) is 3.08. The molecule has 0 amide bonds. The Morgan fingerprint density at radius 2 is 2.07 bits per heavy atom. The fourth-order valence-electron chi connectivity index (χ4n) is 3.44. The van der Waals surface area contributed by atoms with E-state index in [0.29, 0.717) is 18.0 Å². The van der Waals surface area contributed by atoms with Crippen molar-refractivity contribution >= 4 is 27.3 Å². The predicted octanol–water partition coefficient (Wildman–Crippen LogP) is 2.18. The van der Waals surface area contributed by atoms with E-state index in [1.165, 1.54) is 12.6 Å². The molecule has 0 fully saturated rings. The highest BCUT2D eigenvalue weighted by Gasteiger charge is 2.23. The average molecular weight is 386 g/mol. The molecule has 0 unspecified atom stereocenters. The predicted molar refractivity (Wildman–Crippen MR) is 105 cm³/mol. The van der Waals surface area contributed by atoms with E-state index in [4.69, 9.17) is 0 Å². The van der Waals surface area contributed by atoms with Gasteiger partial charge in [0, 0.05) is 19.2 Å². The Balaban J connectivity index is 1.73. The van der Waals surface area contributed by atoms with Crippen LogP contribution < -0.4 is 9.62 Å². The summed E-state index contributed by atoms with van der Waals surface area (Å²) in [7, 11) is -3.31. The minimum Gasteiger partial charge on any atom is -0.352 e. The summed E-state index contributed by atoms with van der Waals surface area (Å²) in [6.45, 7) is 5.64. The number of fused-ring (bicyclic) bond motifs is 2. The molecule has 9 heteroatoms. The Bertz CT molecular complexity index is 1110. The van der Waals surface area contributed by atoms with Crippen molar-refractivity contribution in [2.75, 3.05) is 22.4 Å². The van der Waals surface area contributed by atoms with E-state index in [-0.39, 0.29) is 5.92 Å². The summed E-state index contributed by atoms with van der Waals surface area (Å²) in [6.07, 6.45) is 3.43. The largest absolute Gasteiger partial charge is 0.352 e. The fourth-order valence-corrected chi connectivity index (χ4v) is 4.03. The Morgan fingerprint density at radius 3 is 2.81 bits per heavy atom. The van der Waals surface area contributed by atoms with Crippen molar-refractivity contribution in [2.24, 2.45) is 0 Å². The SMILES string of the molecule is CC(C)c1cc(N2CCc3c(cccc3NS(C)(=O)=O)C2)n2ncnc2n1. The smallest absolute Gasteiger partial charge is 0.254 e. The maximum Gasteiger partial charge on any atom is 0.254 e. The summed E-state index contributed by atoms with van der Waals surface area (Å²) < 4.78 is 27.7. The molecule has 3 aromatic rings. The van der Waals surface area contributed by atoms with Crippen LogP contribution in [0.1, 0.15) is 36.6 Å². The van der Waals surface area contributed by atoms with Gasteiger partial charge in [-0.25, -0.2) is 13.4 Å². The summed E-state index contributed by atoms with van der Waals surface area (Å²) in [5.74, 6) is 1.83. The number of sulfonamides is 1. The van der Waals surface area contributed by atoms with Gasteiger partial charge < -0.3 is 4.90 Å². The van der Waals surface area contributed by atoms with Crippen LogP contribution in [0.15, 0.2) is 30.6 Å². The van der Waals surface area contributed by atoms with Crippen LogP contribution in [0.3, 0.4) is 0 Å². The van der Waals surface area contributed by atoms with E-state index >= 15 is 0 Å². The quantitative estimate of drug-likeness (QED) is 0.739. The maximum absolute atomic E-state index is 11.6. The molecule has 1 aromatic carbocycles. The Labute approximate surface area is 158 Å². The van der Waals surface area contributed by atoms with Gasteiger partial charge in [-0.15, -0.1) is 0 Å². The molecule has 1 aliphatic rings. The molecule has 0 atom stereocenters. The van der Waals surface area contributed by atoms with Crippen molar-refractivity contribution in [3.05, 3.63) is 47.4 Å². The van der Waals surface area contributed by atoms with Gasteiger partial charge in [0.25, 0.3) is 5.78 Å². The minimum absolute atomic E-state index is 0.285. The van der Waals surface area contributed by atoms with Gasteiger partial charge in [0.1, 0.15) is 12.1 Å². The molecule has 27 heavy (non-hydrogen) atoms. The summed E-state index contributed by atoms with van der Waals surface area (Å²) in [6, 6.07) is 7.80. The molecule has 142 valence electrons. The van der Waals surface area contributed by atoms with Gasteiger partial charge in [-0.2, -0.15) is 14.6 Å². The van der Waals surface area contributed by atoms with Crippen molar-refractivity contribution < 1.29 is 8.42 Å². The van der Waals surface area contributed by atoms with E-state index in [1.807, 2.05) is 18.2 Å². The first kappa shape index (κ1) is 17.7. The van der Waals surface area contributed by atoms with Gasteiger partial charge in [-0.1, -0.05) is 26.0 Å². The molecule has 1 aliphatic heterocycles. The molecule has 0 saturated heterocycles. The molecule has 0 aliphatic carbocycles. The fraction of sp³-hybridized carbons (Fsp3) is 0.389. The summed E-state index contributed by atoms with van der Waals surface area (Å²) in [5.41, 5.74) is 3.79. The van der Waals surface area contributed by atoms with Crippen molar-refractivity contribution in [3.8, 4) is 0 Å². The lowest BCUT2D eigenvalue weighted by atomic mass is 9.98. The van der Waals surface area contributed by atoms with Crippen LogP contribution in [0, 0.1) is 0 Å². The van der Waals surface area contributed by atoms with Crippen molar-refractivity contribution in [2.45, 2.75) is 32.7 Å². The Hall–Kier alpha value is -2.68. The van der Waals surface area contributed by atoms with Crippen molar-refractivity contribution in [3.63, 3.8) is 0 Å². The highest BCUT2D eigenvalue weighted by Crippen LogP contribution is 2.30. The van der Waals surface area contributed by atoms with Crippen LogP contribution >= 0.6 is 0 Å². The van der Waals surface area contributed by atoms with E-state index in [2.05, 4.69) is 44.6 Å². The van der Waals surface area contributed by atoms with Crippen LogP contribution in [-0.2, 0) is 23.0 Å². The van der Waals surface area contributed by atoms with Gasteiger partial charge >= 0.3 is 0 Å². The molecule has 1 N–H and O–H groups in total. The second kappa shape index (κ2) is 6.49. The zero-order valence-electron chi connectivity index (χ0n) is 15.5. The second-order valence-corrected chi connectivity index (χ2v) is 8.90. The number of hydrogen-bond acceptors (Lipinski definition) is 6. The molecule has 8 nitrogen and oxygen atoms in total. The van der Waals surface area contributed by atoms with Crippen molar-refractivity contribution in [1.29, 1.82) is 0 Å². The molecule has 3 heterocycles. The first-order valence-electron chi connectivity index (χ1n) is 8.86. The van der Waals surface area contributed by atoms with Gasteiger partial charge in [0.05, 0.1) is 17.6 Å². The number of benzene rings is 1. The Kier molecular flexibility index (Phi) is 4.26. The highest BCUT2D eigenvalue weighted by atomic mass is 32.2. The maximum atomic E-state index is 11.6. The van der Waals surface area contributed by atoms with Crippen LogP contribution in [0.25, 0.3) is 5.78 Å². The van der Waals surface area contributed by atoms with Crippen LogP contribution in [0.2, 0.25) is 0 Å². The molecule has 0 saturated carbocycles. The zero-order chi connectivity index (χ0) is 19.2. The van der Waals surface area contributed by atoms with Gasteiger partial charge in [-0.3, -0.25) is 4.72 Å². The highest BCUT2D eigenvalue weighted by molar-refractivity contribution is 7.92. The number of nitrogens with one attached hydrogen (secondary N) is 1. The van der Waals surface area contributed by atoms with E-state index in [1.54, 1.807) is 4.52 Å². The second-order valence-electron chi connectivity index (χ2n) is 7.15. The van der Waals surface area contributed by atoms with Crippen LogP contribution in [-0.4, -0.2) is 40.8 Å². The zero-order valence-corrected chi connectivity index (χ0v) is 16.4. The first-order valence-corrected chi connectivity index (χ1v) is 10.7. The molecular weight excluding hydrogens is 364 g/mol. The third kappa shape index (κ3) is 3.46. The van der Waals surface area contributed by atoms with Gasteiger partial charge in [-0.05, 0) is 29.5 Å².